The van der Waals surface area contributed by atoms with Crippen molar-refractivity contribution < 1.29 is 19.8 Å². The molecule has 0 saturated heterocycles. The van der Waals surface area contributed by atoms with Gasteiger partial charge in [0.2, 0.25) is 0 Å². The van der Waals surface area contributed by atoms with Crippen LogP contribution in [0.5, 0.6) is 0 Å². The summed E-state index contributed by atoms with van der Waals surface area (Å²) in [5.41, 5.74) is 0. The fraction of sp³-hybridized carbons (Fsp3) is 0.625. The Bertz CT molecular complexity index is 406. The van der Waals surface area contributed by atoms with Gasteiger partial charge in [-0.2, -0.15) is 5.21 Å². The Labute approximate surface area is 102 Å². The van der Waals surface area contributed by atoms with Gasteiger partial charge in [-0.05, 0) is 13.8 Å². The number of carboxylic acids is 1. The maximum Gasteiger partial charge on any atom is 0.328 e. The standard InChI is InChI=1S/C8H14N6O4/c1-3(6-11-13-14-12-6)9-8(18)10-5(4(2)15)7(16)17/h3-5,15H,1-2H3,(H,16,17)(H2,9,10,18)(H,11,12,13,14). The van der Waals surface area contributed by atoms with Gasteiger partial charge in [-0.1, -0.05) is 5.21 Å². The number of aromatic nitrogens is 4. The molecule has 0 aromatic carbocycles. The third-order valence-electron chi connectivity index (χ3n) is 2.13. The molecule has 1 aromatic rings. The molecule has 3 unspecified atom stereocenters. The molecule has 0 aliphatic carbocycles. The van der Waals surface area contributed by atoms with Crippen LogP contribution >= 0.6 is 0 Å². The number of aliphatic carboxylic acids is 1. The summed E-state index contributed by atoms with van der Waals surface area (Å²) in [7, 11) is 0. The van der Waals surface area contributed by atoms with Gasteiger partial charge in [0.05, 0.1) is 12.1 Å². The summed E-state index contributed by atoms with van der Waals surface area (Å²) in [6, 6.07) is -2.68. The van der Waals surface area contributed by atoms with Gasteiger partial charge in [0.25, 0.3) is 0 Å². The molecule has 0 saturated carbocycles. The first-order valence-corrected chi connectivity index (χ1v) is 5.13. The number of tetrazole rings is 1. The topological polar surface area (TPSA) is 153 Å². The number of urea groups is 1. The highest BCUT2D eigenvalue weighted by molar-refractivity contribution is 5.83. The molecular formula is C8H14N6O4. The number of nitrogens with one attached hydrogen (secondary N) is 3. The van der Waals surface area contributed by atoms with Crippen molar-refractivity contribution in [3.05, 3.63) is 5.82 Å². The first-order chi connectivity index (χ1) is 8.41. The molecule has 0 aliphatic heterocycles. The van der Waals surface area contributed by atoms with E-state index >= 15 is 0 Å². The van der Waals surface area contributed by atoms with E-state index in [-0.39, 0.29) is 5.82 Å². The number of carboxylic acid groups (broad SMARTS) is 1. The van der Waals surface area contributed by atoms with Crippen LogP contribution in [0.2, 0.25) is 0 Å². The van der Waals surface area contributed by atoms with Crippen LogP contribution in [-0.4, -0.2) is 55.0 Å². The number of nitrogens with zero attached hydrogens (tertiary/aromatic N) is 3. The van der Waals surface area contributed by atoms with Crippen molar-refractivity contribution in [1.29, 1.82) is 0 Å². The van der Waals surface area contributed by atoms with Gasteiger partial charge in [0.1, 0.15) is 0 Å². The molecule has 3 atom stereocenters. The number of aromatic amines is 1. The Balaban J connectivity index is 2.53. The van der Waals surface area contributed by atoms with Gasteiger partial charge in [0, 0.05) is 0 Å². The Morgan fingerprint density at radius 1 is 1.33 bits per heavy atom. The number of hydrogen-bond donors (Lipinski definition) is 5. The normalized spacial score (nSPS) is 15.5. The summed E-state index contributed by atoms with van der Waals surface area (Å²) >= 11 is 0. The molecule has 10 heteroatoms. The predicted molar refractivity (Wildman–Crippen MR) is 57.4 cm³/mol. The zero-order valence-corrected chi connectivity index (χ0v) is 9.78. The van der Waals surface area contributed by atoms with E-state index in [0.717, 1.165) is 0 Å². The smallest absolute Gasteiger partial charge is 0.328 e. The highest BCUT2D eigenvalue weighted by Crippen LogP contribution is 2.02. The second-order valence-corrected chi connectivity index (χ2v) is 3.67. The summed E-state index contributed by atoms with van der Waals surface area (Å²) in [5, 5.41) is 35.4. The van der Waals surface area contributed by atoms with Crippen molar-refractivity contribution in [2.24, 2.45) is 0 Å². The van der Waals surface area contributed by atoms with Crippen LogP contribution in [-0.2, 0) is 4.79 Å². The van der Waals surface area contributed by atoms with Crippen LogP contribution in [0.3, 0.4) is 0 Å². The summed E-state index contributed by atoms with van der Waals surface area (Å²) in [6.07, 6.45) is -1.21. The number of carbonyl (C=O) groups excluding carboxylic acids is 1. The van der Waals surface area contributed by atoms with E-state index < -0.39 is 30.2 Å². The zero-order valence-electron chi connectivity index (χ0n) is 9.78. The molecule has 18 heavy (non-hydrogen) atoms. The second kappa shape index (κ2) is 5.91. The van der Waals surface area contributed by atoms with Crippen molar-refractivity contribution >= 4 is 12.0 Å². The van der Waals surface area contributed by atoms with Crippen LogP contribution in [0.25, 0.3) is 0 Å². The molecule has 1 heterocycles. The monoisotopic (exact) mass is 258 g/mol. The molecule has 1 rings (SSSR count). The average Bonchev–Trinajstić information content (AvgIpc) is 2.78. The Kier molecular flexibility index (Phi) is 4.54. The summed E-state index contributed by atoms with van der Waals surface area (Å²) < 4.78 is 0. The van der Waals surface area contributed by atoms with Crippen LogP contribution < -0.4 is 10.6 Å². The Hall–Kier alpha value is -2.23. The minimum atomic E-state index is -1.39. The van der Waals surface area contributed by atoms with Crippen molar-refractivity contribution in [3.63, 3.8) is 0 Å². The van der Waals surface area contributed by atoms with Gasteiger partial charge >= 0.3 is 12.0 Å². The lowest BCUT2D eigenvalue weighted by molar-refractivity contribution is -0.141. The minimum absolute atomic E-state index is 0.258. The molecule has 100 valence electrons. The molecule has 0 radical (unpaired) electrons. The lowest BCUT2D eigenvalue weighted by atomic mass is 10.2. The van der Waals surface area contributed by atoms with Crippen LogP contribution in [0, 0.1) is 0 Å². The van der Waals surface area contributed by atoms with Crippen LogP contribution in [0.4, 0.5) is 4.79 Å². The second-order valence-electron chi connectivity index (χ2n) is 3.67. The number of aliphatic hydroxyl groups is 1. The first kappa shape index (κ1) is 13.8. The molecule has 0 spiro atoms. The number of carbonyl (C=O) groups is 2. The quantitative estimate of drug-likeness (QED) is 0.426. The minimum Gasteiger partial charge on any atom is -0.480 e. The van der Waals surface area contributed by atoms with Gasteiger partial charge in [0.15, 0.2) is 11.9 Å². The largest absolute Gasteiger partial charge is 0.480 e. The number of rotatable bonds is 5. The molecule has 2 amide bonds. The number of amides is 2. The Morgan fingerprint density at radius 2 is 2.00 bits per heavy atom. The van der Waals surface area contributed by atoms with Crippen molar-refractivity contribution in [2.45, 2.75) is 32.0 Å². The highest BCUT2D eigenvalue weighted by atomic mass is 16.4. The molecular weight excluding hydrogens is 244 g/mol. The molecule has 5 N–H and O–H groups in total. The number of aliphatic hydroxyl groups excluding tert-OH is 1. The lowest BCUT2D eigenvalue weighted by Crippen LogP contribution is -2.51. The number of hydrogen-bond acceptors (Lipinski definition) is 6. The molecule has 1 aromatic heterocycles. The fourth-order valence-corrected chi connectivity index (χ4v) is 1.19. The maximum absolute atomic E-state index is 11.5. The summed E-state index contributed by atoms with van der Waals surface area (Å²) in [6.45, 7) is 2.87. The van der Waals surface area contributed by atoms with E-state index in [1.54, 1.807) is 6.92 Å². The third kappa shape index (κ3) is 3.66. The van der Waals surface area contributed by atoms with E-state index in [1.165, 1.54) is 6.92 Å². The highest BCUT2D eigenvalue weighted by Gasteiger charge is 2.25. The molecule has 0 bridgehead atoms. The average molecular weight is 258 g/mol. The van der Waals surface area contributed by atoms with Gasteiger partial charge in [-0.3, -0.25) is 0 Å². The van der Waals surface area contributed by atoms with E-state index in [0.29, 0.717) is 0 Å². The first-order valence-electron chi connectivity index (χ1n) is 5.13. The van der Waals surface area contributed by atoms with Crippen molar-refractivity contribution in [3.8, 4) is 0 Å². The van der Waals surface area contributed by atoms with E-state index in [2.05, 4.69) is 31.3 Å². The van der Waals surface area contributed by atoms with E-state index in [1.807, 2.05) is 0 Å². The van der Waals surface area contributed by atoms with Crippen LogP contribution in [0.1, 0.15) is 25.7 Å². The van der Waals surface area contributed by atoms with Gasteiger partial charge < -0.3 is 20.8 Å². The fourth-order valence-electron chi connectivity index (χ4n) is 1.19. The van der Waals surface area contributed by atoms with Crippen molar-refractivity contribution in [2.75, 3.05) is 0 Å². The third-order valence-corrected chi connectivity index (χ3v) is 2.13. The molecule has 0 fully saturated rings. The van der Waals surface area contributed by atoms with Crippen LogP contribution in [0.15, 0.2) is 0 Å². The summed E-state index contributed by atoms with van der Waals surface area (Å²) in [5.74, 6) is -1.07. The van der Waals surface area contributed by atoms with E-state index in [4.69, 9.17) is 5.11 Å². The Morgan fingerprint density at radius 3 is 2.44 bits per heavy atom. The predicted octanol–water partition coefficient (Wildman–Crippen LogP) is -1.61. The number of H-pyrrole nitrogens is 1. The maximum atomic E-state index is 11.5. The van der Waals surface area contributed by atoms with Crippen molar-refractivity contribution in [1.82, 2.24) is 31.3 Å². The lowest BCUT2D eigenvalue weighted by Gasteiger charge is -2.18. The zero-order chi connectivity index (χ0) is 13.7. The van der Waals surface area contributed by atoms with E-state index in [9.17, 15) is 14.7 Å². The summed E-state index contributed by atoms with van der Waals surface area (Å²) in [4.78, 5) is 22.2. The SMILES string of the molecule is CC(NC(=O)NC(C(=O)O)C(C)O)c1nn[nH]n1. The molecule has 0 aliphatic rings. The molecule has 10 nitrogen and oxygen atoms in total. The van der Waals surface area contributed by atoms with Gasteiger partial charge in [-0.25, -0.2) is 9.59 Å². The van der Waals surface area contributed by atoms with Gasteiger partial charge in [-0.15, -0.1) is 10.2 Å².